The lowest BCUT2D eigenvalue weighted by Crippen LogP contribution is -2.37. The van der Waals surface area contributed by atoms with Gasteiger partial charge in [-0.25, -0.2) is 8.42 Å². The number of carbonyl (C=O) groups excluding carboxylic acids is 1. The van der Waals surface area contributed by atoms with Gasteiger partial charge in [-0.05, 0) is 36.2 Å². The fraction of sp³-hybridized carbons (Fsp3) is 0.350. The molecule has 0 unspecified atom stereocenters. The Bertz CT molecular complexity index is 942. The van der Waals surface area contributed by atoms with Gasteiger partial charge in [0, 0.05) is 18.3 Å². The quantitative estimate of drug-likeness (QED) is 0.767. The lowest BCUT2D eigenvalue weighted by Gasteiger charge is -2.21. The van der Waals surface area contributed by atoms with Crippen LogP contribution in [0.5, 0.6) is 11.5 Å². The van der Waals surface area contributed by atoms with Crippen LogP contribution in [-0.4, -0.2) is 44.9 Å². The van der Waals surface area contributed by atoms with E-state index in [2.05, 4.69) is 5.32 Å². The molecule has 0 saturated carbocycles. The van der Waals surface area contributed by atoms with E-state index >= 15 is 0 Å². The van der Waals surface area contributed by atoms with Gasteiger partial charge in [-0.15, -0.1) is 0 Å². The van der Waals surface area contributed by atoms with Crippen molar-refractivity contribution in [2.75, 3.05) is 31.6 Å². The van der Waals surface area contributed by atoms with Gasteiger partial charge in [0.2, 0.25) is 15.9 Å². The second-order valence-corrected chi connectivity index (χ2v) is 8.27. The highest BCUT2D eigenvalue weighted by molar-refractivity contribution is 7.89. The molecule has 0 bridgehead atoms. The SMILES string of the molecule is CCc1ccc(S(=O)(=O)N(CC)CC(=O)Nc2ccc3c(c2)OCCO3)cc1. The van der Waals surface area contributed by atoms with Gasteiger partial charge in [0.05, 0.1) is 11.4 Å². The number of nitrogens with zero attached hydrogens (tertiary/aromatic N) is 1. The molecule has 0 spiro atoms. The van der Waals surface area contributed by atoms with E-state index in [9.17, 15) is 13.2 Å². The molecule has 0 aliphatic carbocycles. The maximum Gasteiger partial charge on any atom is 0.243 e. The van der Waals surface area contributed by atoms with E-state index in [0.717, 1.165) is 16.3 Å². The van der Waals surface area contributed by atoms with Crippen LogP contribution in [0.25, 0.3) is 0 Å². The standard InChI is InChI=1S/C20H24N2O5S/c1-3-15-5-8-17(9-6-15)28(24,25)22(4-2)14-20(23)21-16-7-10-18-19(13-16)27-12-11-26-18/h5-10,13H,3-4,11-12,14H2,1-2H3,(H,21,23). The zero-order chi connectivity index (χ0) is 20.1. The third-order valence-corrected chi connectivity index (χ3v) is 6.40. The van der Waals surface area contributed by atoms with Crippen LogP contribution in [0.1, 0.15) is 19.4 Å². The Hall–Kier alpha value is -2.58. The van der Waals surface area contributed by atoms with Crippen molar-refractivity contribution in [3.8, 4) is 11.5 Å². The topological polar surface area (TPSA) is 84.9 Å². The van der Waals surface area contributed by atoms with E-state index in [1.54, 1.807) is 49.4 Å². The maximum atomic E-state index is 12.9. The number of anilines is 1. The highest BCUT2D eigenvalue weighted by Gasteiger charge is 2.25. The number of fused-ring (bicyclic) bond motifs is 1. The van der Waals surface area contributed by atoms with Crippen molar-refractivity contribution in [1.82, 2.24) is 4.31 Å². The van der Waals surface area contributed by atoms with Crippen molar-refractivity contribution >= 4 is 21.6 Å². The molecule has 1 amide bonds. The summed E-state index contributed by atoms with van der Waals surface area (Å²) in [6.45, 7) is 4.55. The summed E-state index contributed by atoms with van der Waals surface area (Å²) in [4.78, 5) is 12.6. The molecule has 0 atom stereocenters. The van der Waals surface area contributed by atoms with Crippen molar-refractivity contribution in [3.63, 3.8) is 0 Å². The Morgan fingerprint density at radius 1 is 1.04 bits per heavy atom. The number of rotatable bonds is 7. The number of aryl methyl sites for hydroxylation is 1. The van der Waals surface area contributed by atoms with E-state index in [-0.39, 0.29) is 18.0 Å². The summed E-state index contributed by atoms with van der Waals surface area (Å²) < 4.78 is 37.8. The normalized spacial score (nSPS) is 13.4. The van der Waals surface area contributed by atoms with Crippen molar-refractivity contribution in [2.45, 2.75) is 25.2 Å². The fourth-order valence-corrected chi connectivity index (χ4v) is 4.30. The molecule has 1 aliphatic heterocycles. The molecular weight excluding hydrogens is 380 g/mol. The van der Waals surface area contributed by atoms with Gasteiger partial charge in [-0.2, -0.15) is 4.31 Å². The van der Waals surface area contributed by atoms with Crippen molar-refractivity contribution in [2.24, 2.45) is 0 Å². The first-order valence-electron chi connectivity index (χ1n) is 9.22. The van der Waals surface area contributed by atoms with Gasteiger partial charge in [0.25, 0.3) is 0 Å². The number of carbonyl (C=O) groups is 1. The minimum atomic E-state index is -3.75. The molecule has 28 heavy (non-hydrogen) atoms. The Labute approximate surface area is 165 Å². The number of nitrogens with one attached hydrogen (secondary N) is 1. The van der Waals surface area contributed by atoms with Crippen LogP contribution in [0.2, 0.25) is 0 Å². The maximum absolute atomic E-state index is 12.9. The van der Waals surface area contributed by atoms with Gasteiger partial charge in [-0.3, -0.25) is 4.79 Å². The van der Waals surface area contributed by atoms with Crippen molar-refractivity contribution < 1.29 is 22.7 Å². The predicted molar refractivity (Wildman–Crippen MR) is 106 cm³/mol. The number of benzene rings is 2. The summed E-state index contributed by atoms with van der Waals surface area (Å²) >= 11 is 0. The second kappa shape index (κ2) is 8.62. The van der Waals surface area contributed by atoms with Crippen LogP contribution in [0.3, 0.4) is 0 Å². The van der Waals surface area contributed by atoms with E-state index in [1.807, 2.05) is 6.92 Å². The first-order valence-corrected chi connectivity index (χ1v) is 10.7. The Morgan fingerprint density at radius 2 is 1.71 bits per heavy atom. The first-order chi connectivity index (χ1) is 13.4. The highest BCUT2D eigenvalue weighted by Crippen LogP contribution is 2.32. The molecule has 2 aromatic carbocycles. The minimum absolute atomic E-state index is 0.179. The third kappa shape index (κ3) is 4.45. The van der Waals surface area contributed by atoms with E-state index < -0.39 is 15.9 Å². The molecule has 0 aromatic heterocycles. The number of likely N-dealkylation sites (N-methyl/N-ethyl adjacent to an activating group) is 1. The number of hydrogen-bond donors (Lipinski definition) is 1. The summed E-state index contributed by atoms with van der Waals surface area (Å²) in [5.41, 5.74) is 1.58. The van der Waals surface area contributed by atoms with Gasteiger partial charge in [0.1, 0.15) is 13.2 Å². The predicted octanol–water partition coefficient (Wildman–Crippen LogP) is 2.67. The summed E-state index contributed by atoms with van der Waals surface area (Å²) in [7, 11) is -3.75. The third-order valence-electron chi connectivity index (χ3n) is 4.47. The van der Waals surface area contributed by atoms with Gasteiger partial charge < -0.3 is 14.8 Å². The van der Waals surface area contributed by atoms with Gasteiger partial charge >= 0.3 is 0 Å². The van der Waals surface area contributed by atoms with Crippen LogP contribution in [0.4, 0.5) is 5.69 Å². The average molecular weight is 404 g/mol. The van der Waals surface area contributed by atoms with Crippen LogP contribution in [0, 0.1) is 0 Å². The first kappa shape index (κ1) is 20.2. The summed E-state index contributed by atoms with van der Waals surface area (Å²) in [6, 6.07) is 11.8. The number of ether oxygens (including phenoxy) is 2. The molecule has 8 heteroatoms. The molecule has 0 radical (unpaired) electrons. The summed E-state index contributed by atoms with van der Waals surface area (Å²) in [6.07, 6.45) is 0.829. The fourth-order valence-electron chi connectivity index (χ4n) is 2.89. The van der Waals surface area contributed by atoms with Crippen LogP contribution >= 0.6 is 0 Å². The van der Waals surface area contributed by atoms with Gasteiger partial charge in [0.15, 0.2) is 11.5 Å². The lowest BCUT2D eigenvalue weighted by atomic mass is 10.2. The summed E-state index contributed by atoms with van der Waals surface area (Å²) in [5, 5.41) is 2.72. The van der Waals surface area contributed by atoms with Crippen LogP contribution in [-0.2, 0) is 21.2 Å². The highest BCUT2D eigenvalue weighted by atomic mass is 32.2. The monoisotopic (exact) mass is 404 g/mol. The Morgan fingerprint density at radius 3 is 2.36 bits per heavy atom. The van der Waals surface area contributed by atoms with Crippen molar-refractivity contribution in [1.29, 1.82) is 0 Å². The molecule has 2 aromatic rings. The zero-order valence-corrected chi connectivity index (χ0v) is 16.8. The molecule has 150 valence electrons. The molecule has 1 aliphatic rings. The largest absolute Gasteiger partial charge is 0.486 e. The van der Waals surface area contributed by atoms with E-state index in [4.69, 9.17) is 9.47 Å². The minimum Gasteiger partial charge on any atom is -0.486 e. The number of hydrogen-bond acceptors (Lipinski definition) is 5. The Kier molecular flexibility index (Phi) is 6.21. The molecule has 1 N–H and O–H groups in total. The second-order valence-electron chi connectivity index (χ2n) is 6.34. The molecular formula is C20H24N2O5S. The van der Waals surface area contributed by atoms with E-state index in [0.29, 0.717) is 30.4 Å². The van der Waals surface area contributed by atoms with Crippen LogP contribution < -0.4 is 14.8 Å². The molecule has 7 nitrogen and oxygen atoms in total. The smallest absolute Gasteiger partial charge is 0.243 e. The van der Waals surface area contributed by atoms with E-state index in [1.165, 1.54) is 0 Å². The summed E-state index contributed by atoms with van der Waals surface area (Å²) in [5.74, 6) is 0.754. The molecule has 1 heterocycles. The molecule has 0 saturated heterocycles. The van der Waals surface area contributed by atoms with Gasteiger partial charge in [-0.1, -0.05) is 26.0 Å². The van der Waals surface area contributed by atoms with Crippen LogP contribution in [0.15, 0.2) is 47.4 Å². The molecule has 3 rings (SSSR count). The zero-order valence-electron chi connectivity index (χ0n) is 16.0. The lowest BCUT2D eigenvalue weighted by molar-refractivity contribution is -0.116. The van der Waals surface area contributed by atoms with Crippen molar-refractivity contribution in [3.05, 3.63) is 48.0 Å². The average Bonchev–Trinajstić information content (AvgIpc) is 2.71. The number of amides is 1. The number of sulfonamides is 1. The Balaban J connectivity index is 1.70. The molecule has 0 fully saturated rings.